The van der Waals surface area contributed by atoms with E-state index in [0.717, 1.165) is 21.3 Å². The van der Waals surface area contributed by atoms with Gasteiger partial charge >= 0.3 is 0 Å². The van der Waals surface area contributed by atoms with Gasteiger partial charge in [-0.2, -0.15) is 0 Å². The largest absolute Gasteiger partial charge is 0.490 e. The molecule has 0 aliphatic rings. The first-order chi connectivity index (χ1) is 11.7. The molecular formula is C19H21BrN2O2S. The van der Waals surface area contributed by atoms with E-state index in [9.17, 15) is 4.79 Å². The van der Waals surface area contributed by atoms with Gasteiger partial charge in [-0.3, -0.25) is 10.1 Å². The fourth-order valence-electron chi connectivity index (χ4n) is 2.38. The fourth-order valence-corrected chi connectivity index (χ4v) is 3.06. The van der Waals surface area contributed by atoms with Crippen LogP contribution in [0.3, 0.4) is 0 Å². The molecule has 132 valence electrons. The molecule has 0 unspecified atom stereocenters. The van der Waals surface area contributed by atoms with Crippen LogP contribution < -0.4 is 15.4 Å². The number of nitrogens with one attached hydrogen (secondary N) is 2. The van der Waals surface area contributed by atoms with Crippen LogP contribution in [0.25, 0.3) is 0 Å². The highest BCUT2D eigenvalue weighted by Crippen LogP contribution is 2.27. The standard InChI is InChI=1S/C19H21BrN2O2S/c1-11(2)24-17-6-5-14(10-16(17)20)18(23)22-19(25)21-15-8-12(3)7-13(4)9-15/h5-11H,1-4H3,(H2,21,22,23,25). The summed E-state index contributed by atoms with van der Waals surface area (Å²) in [7, 11) is 0. The predicted molar refractivity (Wildman–Crippen MR) is 110 cm³/mol. The third-order valence-electron chi connectivity index (χ3n) is 3.26. The molecule has 0 aliphatic carbocycles. The zero-order valence-corrected chi connectivity index (χ0v) is 17.0. The number of carbonyl (C=O) groups is 1. The van der Waals surface area contributed by atoms with Crippen molar-refractivity contribution in [1.29, 1.82) is 0 Å². The Kier molecular flexibility index (Phi) is 6.56. The van der Waals surface area contributed by atoms with Gasteiger partial charge in [0.25, 0.3) is 5.91 Å². The van der Waals surface area contributed by atoms with E-state index in [4.69, 9.17) is 17.0 Å². The number of amides is 1. The SMILES string of the molecule is Cc1cc(C)cc(NC(=S)NC(=O)c2ccc(OC(C)C)c(Br)c2)c1. The summed E-state index contributed by atoms with van der Waals surface area (Å²) in [6, 6.07) is 11.2. The highest BCUT2D eigenvalue weighted by molar-refractivity contribution is 9.10. The van der Waals surface area contributed by atoms with Crippen molar-refractivity contribution in [3.8, 4) is 5.75 Å². The van der Waals surface area contributed by atoms with Crippen LogP contribution in [0.5, 0.6) is 5.75 Å². The highest BCUT2D eigenvalue weighted by Gasteiger charge is 2.12. The number of hydrogen-bond acceptors (Lipinski definition) is 3. The minimum atomic E-state index is -0.279. The number of hydrogen-bond donors (Lipinski definition) is 2. The Bertz CT molecular complexity index is 786. The van der Waals surface area contributed by atoms with Gasteiger partial charge in [-0.1, -0.05) is 6.07 Å². The molecule has 2 N–H and O–H groups in total. The predicted octanol–water partition coefficient (Wildman–Crippen LogP) is 4.98. The molecule has 2 aromatic rings. The molecule has 0 radical (unpaired) electrons. The van der Waals surface area contributed by atoms with Crippen LogP contribution in [0.4, 0.5) is 5.69 Å². The van der Waals surface area contributed by atoms with Gasteiger partial charge in [0.2, 0.25) is 0 Å². The monoisotopic (exact) mass is 420 g/mol. The maximum absolute atomic E-state index is 12.4. The number of thiocarbonyl (C=S) groups is 1. The molecule has 0 saturated heterocycles. The topological polar surface area (TPSA) is 50.4 Å². The molecule has 6 heteroatoms. The van der Waals surface area contributed by atoms with Gasteiger partial charge in [0.15, 0.2) is 5.11 Å². The first-order valence-corrected chi connectivity index (χ1v) is 9.11. The smallest absolute Gasteiger partial charge is 0.257 e. The summed E-state index contributed by atoms with van der Waals surface area (Å²) in [5.74, 6) is 0.418. The number of ether oxygens (including phenoxy) is 1. The van der Waals surface area contributed by atoms with Crippen LogP contribution in [-0.4, -0.2) is 17.1 Å². The van der Waals surface area contributed by atoms with Crippen molar-refractivity contribution in [2.75, 3.05) is 5.32 Å². The van der Waals surface area contributed by atoms with E-state index in [-0.39, 0.29) is 17.1 Å². The lowest BCUT2D eigenvalue weighted by atomic mass is 10.1. The zero-order valence-electron chi connectivity index (χ0n) is 14.6. The van der Waals surface area contributed by atoms with Crippen molar-refractivity contribution in [2.24, 2.45) is 0 Å². The van der Waals surface area contributed by atoms with Crippen LogP contribution in [0, 0.1) is 13.8 Å². The van der Waals surface area contributed by atoms with Crippen LogP contribution >= 0.6 is 28.1 Å². The Balaban J connectivity index is 2.03. The minimum Gasteiger partial charge on any atom is -0.490 e. The van der Waals surface area contributed by atoms with Gasteiger partial charge in [-0.15, -0.1) is 0 Å². The molecule has 0 fully saturated rings. The van der Waals surface area contributed by atoms with Crippen molar-refractivity contribution < 1.29 is 9.53 Å². The maximum Gasteiger partial charge on any atom is 0.257 e. The summed E-state index contributed by atoms with van der Waals surface area (Å²) in [6.45, 7) is 7.92. The molecular weight excluding hydrogens is 400 g/mol. The molecule has 0 aliphatic heterocycles. The van der Waals surface area contributed by atoms with Gasteiger partial charge in [-0.25, -0.2) is 0 Å². The third-order valence-corrected chi connectivity index (χ3v) is 4.09. The molecule has 25 heavy (non-hydrogen) atoms. The fraction of sp³-hybridized carbons (Fsp3) is 0.263. The van der Waals surface area contributed by atoms with Crippen LogP contribution in [0.15, 0.2) is 40.9 Å². The van der Waals surface area contributed by atoms with E-state index in [2.05, 4.69) is 32.6 Å². The maximum atomic E-state index is 12.4. The van der Waals surface area contributed by atoms with Crippen molar-refractivity contribution in [3.63, 3.8) is 0 Å². The van der Waals surface area contributed by atoms with Crippen LogP contribution in [0.2, 0.25) is 0 Å². The zero-order chi connectivity index (χ0) is 18.6. The van der Waals surface area contributed by atoms with Gasteiger partial charge in [-0.05, 0) is 97.3 Å². The van der Waals surface area contributed by atoms with Crippen LogP contribution in [-0.2, 0) is 0 Å². The Morgan fingerprint density at radius 2 is 1.76 bits per heavy atom. The first kappa shape index (κ1) is 19.4. The third kappa shape index (κ3) is 5.83. The van der Waals surface area contributed by atoms with Crippen molar-refractivity contribution >= 4 is 44.9 Å². The number of aryl methyl sites for hydroxylation is 2. The van der Waals surface area contributed by atoms with Crippen molar-refractivity contribution in [1.82, 2.24) is 5.32 Å². The molecule has 0 aromatic heterocycles. The van der Waals surface area contributed by atoms with E-state index in [0.29, 0.717) is 11.3 Å². The number of halogens is 1. The molecule has 2 rings (SSSR count). The van der Waals surface area contributed by atoms with E-state index in [1.807, 2.05) is 39.8 Å². The summed E-state index contributed by atoms with van der Waals surface area (Å²) in [5.41, 5.74) is 3.60. The Morgan fingerprint density at radius 3 is 2.32 bits per heavy atom. The summed E-state index contributed by atoms with van der Waals surface area (Å²) in [5, 5.41) is 5.99. The summed E-state index contributed by atoms with van der Waals surface area (Å²) < 4.78 is 6.37. The molecule has 2 aromatic carbocycles. The normalized spacial score (nSPS) is 10.5. The molecule has 0 spiro atoms. The molecule has 0 heterocycles. The van der Waals surface area contributed by atoms with E-state index in [1.54, 1.807) is 18.2 Å². The Labute approximate surface area is 162 Å². The summed E-state index contributed by atoms with van der Waals surface area (Å²) >= 11 is 8.66. The minimum absolute atomic E-state index is 0.0607. The summed E-state index contributed by atoms with van der Waals surface area (Å²) in [4.78, 5) is 12.4. The van der Waals surface area contributed by atoms with Gasteiger partial charge in [0.1, 0.15) is 5.75 Å². The second-order valence-corrected chi connectivity index (χ2v) is 7.36. The lowest BCUT2D eigenvalue weighted by Crippen LogP contribution is -2.34. The number of rotatable bonds is 4. The second kappa shape index (κ2) is 8.45. The summed E-state index contributed by atoms with van der Waals surface area (Å²) in [6.07, 6.45) is 0.0607. The lowest BCUT2D eigenvalue weighted by molar-refractivity contribution is 0.0977. The van der Waals surface area contributed by atoms with Gasteiger partial charge in [0, 0.05) is 11.3 Å². The second-order valence-electron chi connectivity index (χ2n) is 6.10. The molecule has 4 nitrogen and oxygen atoms in total. The quantitative estimate of drug-likeness (QED) is 0.684. The van der Waals surface area contributed by atoms with Crippen molar-refractivity contribution in [3.05, 3.63) is 57.6 Å². The number of carbonyl (C=O) groups excluding carboxylic acids is 1. The molecule has 0 atom stereocenters. The molecule has 1 amide bonds. The Morgan fingerprint density at radius 1 is 1.12 bits per heavy atom. The number of benzene rings is 2. The molecule has 0 bridgehead atoms. The van der Waals surface area contributed by atoms with E-state index in [1.165, 1.54) is 0 Å². The average Bonchev–Trinajstić information content (AvgIpc) is 2.47. The molecule has 0 saturated carbocycles. The highest BCUT2D eigenvalue weighted by atomic mass is 79.9. The van der Waals surface area contributed by atoms with E-state index >= 15 is 0 Å². The number of anilines is 1. The first-order valence-electron chi connectivity index (χ1n) is 7.91. The van der Waals surface area contributed by atoms with E-state index < -0.39 is 0 Å². The lowest BCUT2D eigenvalue weighted by Gasteiger charge is -2.13. The van der Waals surface area contributed by atoms with Gasteiger partial charge < -0.3 is 10.1 Å². The van der Waals surface area contributed by atoms with Crippen LogP contribution in [0.1, 0.15) is 35.3 Å². The Hall–Kier alpha value is -1.92. The van der Waals surface area contributed by atoms with Gasteiger partial charge in [0.05, 0.1) is 10.6 Å². The average molecular weight is 421 g/mol. The van der Waals surface area contributed by atoms with Crippen molar-refractivity contribution in [2.45, 2.75) is 33.8 Å².